The Bertz CT molecular complexity index is 1020. The van der Waals surface area contributed by atoms with Crippen molar-refractivity contribution < 1.29 is 24.2 Å². The highest BCUT2D eigenvalue weighted by Crippen LogP contribution is 2.44. The number of amides is 2. The summed E-state index contributed by atoms with van der Waals surface area (Å²) in [5, 5.41) is 12.0. The van der Waals surface area contributed by atoms with Crippen LogP contribution >= 0.6 is 0 Å². The maximum atomic E-state index is 13.0. The lowest BCUT2D eigenvalue weighted by Gasteiger charge is -2.36. The molecule has 4 rings (SSSR count). The number of benzene rings is 2. The predicted octanol–water partition coefficient (Wildman–Crippen LogP) is 3.87. The van der Waals surface area contributed by atoms with Crippen LogP contribution in [0.25, 0.3) is 11.1 Å². The van der Waals surface area contributed by atoms with Gasteiger partial charge in [0, 0.05) is 25.6 Å². The van der Waals surface area contributed by atoms with Crippen molar-refractivity contribution in [2.24, 2.45) is 11.3 Å². The molecular formula is C26H30N2O5. The van der Waals surface area contributed by atoms with Crippen LogP contribution in [0.4, 0.5) is 4.79 Å². The van der Waals surface area contributed by atoms with Crippen molar-refractivity contribution in [3.8, 4) is 11.1 Å². The molecule has 1 atom stereocenters. The smallest absolute Gasteiger partial charge is 0.407 e. The van der Waals surface area contributed by atoms with Gasteiger partial charge in [0.15, 0.2) is 0 Å². The van der Waals surface area contributed by atoms with Gasteiger partial charge in [0.2, 0.25) is 5.91 Å². The van der Waals surface area contributed by atoms with E-state index >= 15 is 0 Å². The summed E-state index contributed by atoms with van der Waals surface area (Å²) in [5.41, 5.74) is 3.73. The third-order valence-electron chi connectivity index (χ3n) is 6.66. The van der Waals surface area contributed by atoms with E-state index in [-0.39, 0.29) is 31.5 Å². The highest BCUT2D eigenvalue weighted by atomic mass is 16.5. The maximum Gasteiger partial charge on any atom is 0.407 e. The van der Waals surface area contributed by atoms with E-state index in [9.17, 15) is 19.5 Å². The molecule has 7 heteroatoms. The summed E-state index contributed by atoms with van der Waals surface area (Å²) in [4.78, 5) is 38.4. The SMILES string of the molecule is CC(C)(CNC(=O)OCC1c2ccccc2-c2ccccc21)C(=O)N1CCC[C@@H](C(=O)O)C1. The molecule has 0 unspecified atom stereocenters. The van der Waals surface area contributed by atoms with Gasteiger partial charge >= 0.3 is 12.1 Å². The molecule has 2 aromatic carbocycles. The molecule has 2 aliphatic rings. The zero-order valence-corrected chi connectivity index (χ0v) is 19.0. The number of carbonyl (C=O) groups excluding carboxylic acids is 2. The zero-order valence-electron chi connectivity index (χ0n) is 19.0. The maximum absolute atomic E-state index is 13.0. The van der Waals surface area contributed by atoms with Crippen molar-refractivity contribution in [2.45, 2.75) is 32.6 Å². The fourth-order valence-electron chi connectivity index (χ4n) is 4.81. The van der Waals surface area contributed by atoms with E-state index in [1.54, 1.807) is 18.7 Å². The summed E-state index contributed by atoms with van der Waals surface area (Å²) in [6.45, 7) is 4.57. The lowest BCUT2D eigenvalue weighted by atomic mass is 9.89. The normalized spacial score (nSPS) is 17.8. The van der Waals surface area contributed by atoms with Gasteiger partial charge in [-0.1, -0.05) is 48.5 Å². The van der Waals surface area contributed by atoms with Gasteiger partial charge in [-0.2, -0.15) is 0 Å². The topological polar surface area (TPSA) is 95.9 Å². The third kappa shape index (κ3) is 4.72. The molecule has 2 aromatic rings. The van der Waals surface area contributed by atoms with Crippen molar-refractivity contribution in [3.05, 3.63) is 59.7 Å². The highest BCUT2D eigenvalue weighted by molar-refractivity contribution is 5.84. The molecule has 0 radical (unpaired) electrons. The molecule has 2 amide bonds. The van der Waals surface area contributed by atoms with Crippen molar-refractivity contribution in [3.63, 3.8) is 0 Å². The van der Waals surface area contributed by atoms with Gasteiger partial charge in [0.05, 0.1) is 11.3 Å². The van der Waals surface area contributed by atoms with Gasteiger partial charge in [0.25, 0.3) is 0 Å². The summed E-state index contributed by atoms with van der Waals surface area (Å²) in [6, 6.07) is 16.3. The van der Waals surface area contributed by atoms with E-state index in [2.05, 4.69) is 29.6 Å². The average Bonchev–Trinajstić information content (AvgIpc) is 3.15. The lowest BCUT2D eigenvalue weighted by Crippen LogP contribution is -2.51. The Morgan fingerprint density at radius 3 is 2.27 bits per heavy atom. The van der Waals surface area contributed by atoms with E-state index in [1.807, 2.05) is 24.3 Å². The number of piperidine rings is 1. The minimum atomic E-state index is -0.873. The molecule has 2 N–H and O–H groups in total. The molecule has 33 heavy (non-hydrogen) atoms. The van der Waals surface area contributed by atoms with Crippen LogP contribution in [0.3, 0.4) is 0 Å². The van der Waals surface area contributed by atoms with Crippen LogP contribution < -0.4 is 5.32 Å². The zero-order chi connectivity index (χ0) is 23.6. The van der Waals surface area contributed by atoms with Crippen molar-refractivity contribution >= 4 is 18.0 Å². The fourth-order valence-corrected chi connectivity index (χ4v) is 4.81. The Morgan fingerprint density at radius 1 is 1.06 bits per heavy atom. The van der Waals surface area contributed by atoms with Crippen LogP contribution in [0.5, 0.6) is 0 Å². The van der Waals surface area contributed by atoms with Crippen LogP contribution in [0.1, 0.15) is 43.7 Å². The highest BCUT2D eigenvalue weighted by Gasteiger charge is 2.36. The molecule has 1 aliphatic carbocycles. The molecule has 1 heterocycles. The molecule has 1 aliphatic heterocycles. The summed E-state index contributed by atoms with van der Waals surface area (Å²) in [6.07, 6.45) is 0.677. The second-order valence-corrected chi connectivity index (χ2v) is 9.49. The van der Waals surface area contributed by atoms with E-state index in [1.165, 1.54) is 0 Å². The molecule has 1 saturated heterocycles. The number of nitrogens with zero attached hydrogens (tertiary/aromatic N) is 1. The first-order chi connectivity index (χ1) is 15.8. The first-order valence-electron chi connectivity index (χ1n) is 11.4. The summed E-state index contributed by atoms with van der Waals surface area (Å²) in [7, 11) is 0. The molecular weight excluding hydrogens is 420 g/mol. The number of carboxylic acid groups (broad SMARTS) is 1. The Labute approximate surface area is 193 Å². The van der Waals surface area contributed by atoms with Crippen molar-refractivity contribution in [2.75, 3.05) is 26.2 Å². The second-order valence-electron chi connectivity index (χ2n) is 9.49. The number of hydrogen-bond acceptors (Lipinski definition) is 4. The number of hydrogen-bond donors (Lipinski definition) is 2. The Kier molecular flexibility index (Phi) is 6.40. The van der Waals surface area contributed by atoms with Gasteiger partial charge in [-0.05, 0) is 48.9 Å². The standard InChI is InChI=1S/C26H30N2O5/c1-26(2,24(31)28-13-7-8-17(14-28)23(29)30)16-27-25(32)33-15-22-20-11-5-3-9-18(20)19-10-4-6-12-21(19)22/h3-6,9-12,17,22H,7-8,13-16H2,1-2H3,(H,27,32)(H,29,30)/t17-/m1/s1. The number of aliphatic carboxylic acids is 1. The van der Waals surface area contributed by atoms with Crippen LogP contribution in [-0.2, 0) is 14.3 Å². The average molecular weight is 451 g/mol. The van der Waals surface area contributed by atoms with E-state index < -0.39 is 23.4 Å². The number of nitrogens with one attached hydrogen (secondary N) is 1. The number of alkyl carbamates (subject to hydrolysis) is 1. The van der Waals surface area contributed by atoms with Gasteiger partial charge < -0.3 is 20.1 Å². The minimum Gasteiger partial charge on any atom is -0.481 e. The summed E-state index contributed by atoms with van der Waals surface area (Å²) in [5.74, 6) is -1.60. The fraction of sp³-hybridized carbons (Fsp3) is 0.423. The number of rotatable bonds is 6. The van der Waals surface area contributed by atoms with Gasteiger partial charge in [0.1, 0.15) is 6.61 Å². The monoisotopic (exact) mass is 450 g/mol. The van der Waals surface area contributed by atoms with Crippen LogP contribution in [0, 0.1) is 11.3 Å². The number of likely N-dealkylation sites (tertiary alicyclic amines) is 1. The Hall–Kier alpha value is -3.35. The quantitative estimate of drug-likeness (QED) is 0.696. The largest absolute Gasteiger partial charge is 0.481 e. The Morgan fingerprint density at radius 2 is 1.67 bits per heavy atom. The molecule has 7 nitrogen and oxygen atoms in total. The second kappa shape index (κ2) is 9.25. The van der Waals surface area contributed by atoms with E-state index in [4.69, 9.17) is 4.74 Å². The Balaban J connectivity index is 1.33. The first-order valence-corrected chi connectivity index (χ1v) is 11.4. The first kappa shape index (κ1) is 22.8. The van der Waals surface area contributed by atoms with Crippen LogP contribution in [-0.4, -0.2) is 54.2 Å². The molecule has 0 spiro atoms. The molecule has 0 saturated carbocycles. The predicted molar refractivity (Wildman–Crippen MR) is 124 cm³/mol. The van der Waals surface area contributed by atoms with E-state index in [0.717, 1.165) is 22.3 Å². The molecule has 174 valence electrons. The van der Waals surface area contributed by atoms with Crippen molar-refractivity contribution in [1.82, 2.24) is 10.2 Å². The number of ether oxygens (including phenoxy) is 1. The lowest BCUT2D eigenvalue weighted by molar-refractivity contribution is -0.148. The van der Waals surface area contributed by atoms with Crippen molar-refractivity contribution in [1.29, 1.82) is 0 Å². The van der Waals surface area contributed by atoms with Crippen LogP contribution in [0.2, 0.25) is 0 Å². The molecule has 1 fully saturated rings. The third-order valence-corrected chi connectivity index (χ3v) is 6.66. The summed E-state index contributed by atoms with van der Waals surface area (Å²) >= 11 is 0. The van der Waals surface area contributed by atoms with Gasteiger partial charge in [-0.25, -0.2) is 4.79 Å². The number of carboxylic acids is 1. The van der Waals surface area contributed by atoms with Crippen LogP contribution in [0.15, 0.2) is 48.5 Å². The molecule has 0 bridgehead atoms. The van der Waals surface area contributed by atoms with E-state index in [0.29, 0.717) is 19.4 Å². The van der Waals surface area contributed by atoms with Gasteiger partial charge in [-0.15, -0.1) is 0 Å². The number of carbonyl (C=O) groups is 3. The molecule has 0 aromatic heterocycles. The number of fused-ring (bicyclic) bond motifs is 3. The minimum absolute atomic E-state index is 0.0286. The van der Waals surface area contributed by atoms with Gasteiger partial charge in [-0.3, -0.25) is 9.59 Å². The summed E-state index contributed by atoms with van der Waals surface area (Å²) < 4.78 is 5.56.